The minimum Gasteiger partial charge on any atom is -0.489 e. The Kier molecular flexibility index (Phi) is 3.70. The van der Waals surface area contributed by atoms with Crippen molar-refractivity contribution in [2.24, 2.45) is 0 Å². The van der Waals surface area contributed by atoms with Crippen LogP contribution in [-0.4, -0.2) is 24.0 Å². The van der Waals surface area contributed by atoms with Crippen LogP contribution in [0.1, 0.15) is 12.0 Å². The van der Waals surface area contributed by atoms with Crippen LogP contribution in [0.4, 0.5) is 13.2 Å². The summed E-state index contributed by atoms with van der Waals surface area (Å²) in [5.74, 6) is -2.23. The van der Waals surface area contributed by atoms with Crippen LogP contribution in [0.5, 0.6) is 11.5 Å². The number of hydrogen-bond donors (Lipinski definition) is 1. The SMILES string of the molecule is O=C(OCl)C1(O)CCOc2c(OC(F)(F)F)cccc21. The van der Waals surface area contributed by atoms with E-state index in [4.69, 9.17) is 16.6 Å². The van der Waals surface area contributed by atoms with E-state index < -0.39 is 23.7 Å². The van der Waals surface area contributed by atoms with Crippen LogP contribution < -0.4 is 9.47 Å². The van der Waals surface area contributed by atoms with Crippen LogP contribution in [0.3, 0.4) is 0 Å². The first kappa shape index (κ1) is 14.7. The van der Waals surface area contributed by atoms with E-state index in [1.807, 2.05) is 0 Å². The average Bonchev–Trinajstić information content (AvgIpc) is 2.37. The first-order valence-electron chi connectivity index (χ1n) is 5.35. The topological polar surface area (TPSA) is 65.0 Å². The van der Waals surface area contributed by atoms with E-state index in [1.165, 1.54) is 12.1 Å². The molecule has 0 amide bonds. The minimum atomic E-state index is -4.93. The number of aliphatic hydroxyl groups is 1. The molecule has 0 fully saturated rings. The fourth-order valence-electron chi connectivity index (χ4n) is 1.91. The van der Waals surface area contributed by atoms with Gasteiger partial charge < -0.3 is 18.9 Å². The van der Waals surface area contributed by atoms with Gasteiger partial charge in [0.25, 0.3) is 0 Å². The lowest BCUT2D eigenvalue weighted by Gasteiger charge is -2.32. The molecule has 9 heteroatoms. The average molecular weight is 313 g/mol. The number of alkyl halides is 3. The van der Waals surface area contributed by atoms with E-state index in [0.717, 1.165) is 6.07 Å². The molecule has 0 saturated carbocycles. The molecule has 110 valence electrons. The first-order chi connectivity index (χ1) is 9.28. The lowest BCUT2D eigenvalue weighted by molar-refractivity contribution is -0.275. The molecule has 1 N–H and O–H groups in total. The number of ether oxygens (including phenoxy) is 2. The number of carbonyl (C=O) groups excluding carboxylic acids is 1. The smallest absolute Gasteiger partial charge is 0.489 e. The van der Waals surface area contributed by atoms with Gasteiger partial charge in [0, 0.05) is 12.0 Å². The zero-order chi connectivity index (χ0) is 15.0. The summed E-state index contributed by atoms with van der Waals surface area (Å²) in [4.78, 5) is 11.5. The Bertz CT molecular complexity index is 533. The van der Waals surface area contributed by atoms with Crippen LogP contribution in [0.2, 0.25) is 0 Å². The number of benzene rings is 1. The van der Waals surface area contributed by atoms with Gasteiger partial charge in [-0.15, -0.1) is 13.2 Å². The molecule has 1 aliphatic heterocycles. The molecule has 0 bridgehead atoms. The second-order valence-electron chi connectivity index (χ2n) is 4.00. The second-order valence-corrected chi connectivity index (χ2v) is 4.16. The normalized spacial score (nSPS) is 21.6. The lowest BCUT2D eigenvalue weighted by atomic mass is 9.88. The third kappa shape index (κ3) is 2.61. The van der Waals surface area contributed by atoms with Crippen LogP contribution in [-0.2, 0) is 14.7 Å². The van der Waals surface area contributed by atoms with Crippen molar-refractivity contribution in [3.63, 3.8) is 0 Å². The maximum Gasteiger partial charge on any atom is 0.573 e. The highest BCUT2D eigenvalue weighted by Gasteiger charge is 2.46. The molecule has 1 aliphatic rings. The van der Waals surface area contributed by atoms with Gasteiger partial charge in [-0.05, 0) is 6.07 Å². The monoisotopic (exact) mass is 312 g/mol. The fourth-order valence-corrected chi connectivity index (χ4v) is 2.03. The van der Waals surface area contributed by atoms with E-state index in [2.05, 4.69) is 9.03 Å². The Labute approximate surface area is 116 Å². The summed E-state index contributed by atoms with van der Waals surface area (Å²) in [6, 6.07) is 3.41. The summed E-state index contributed by atoms with van der Waals surface area (Å²) < 4.78 is 49.6. The fraction of sp³-hybridized carbons (Fsp3) is 0.364. The van der Waals surface area contributed by atoms with Gasteiger partial charge in [-0.3, -0.25) is 0 Å². The summed E-state index contributed by atoms with van der Waals surface area (Å²) in [6.45, 7) is -0.201. The number of fused-ring (bicyclic) bond motifs is 1. The molecule has 2 rings (SSSR count). The molecule has 1 aromatic rings. The Morgan fingerprint density at radius 3 is 2.75 bits per heavy atom. The Morgan fingerprint density at radius 1 is 1.45 bits per heavy atom. The second kappa shape index (κ2) is 5.02. The summed E-state index contributed by atoms with van der Waals surface area (Å²) in [5, 5.41) is 10.2. The summed E-state index contributed by atoms with van der Waals surface area (Å²) in [6.07, 6.45) is -5.14. The van der Waals surface area contributed by atoms with E-state index in [0.29, 0.717) is 0 Å². The van der Waals surface area contributed by atoms with Crippen molar-refractivity contribution in [1.82, 2.24) is 0 Å². The standard InChI is InChI=1S/C11H8ClF3O5/c12-20-9(16)10(17)4-5-18-8-6(10)2-1-3-7(8)19-11(13,14)15/h1-3,17H,4-5H2. The highest BCUT2D eigenvalue weighted by molar-refractivity contribution is 6.14. The number of rotatable bonds is 2. The number of halogens is 4. The maximum absolute atomic E-state index is 12.3. The molecule has 1 unspecified atom stereocenters. The quantitative estimate of drug-likeness (QED) is 0.907. The van der Waals surface area contributed by atoms with Crippen molar-refractivity contribution in [1.29, 1.82) is 0 Å². The Morgan fingerprint density at radius 2 is 2.15 bits per heavy atom. The minimum absolute atomic E-state index is 0.198. The van der Waals surface area contributed by atoms with Crippen molar-refractivity contribution in [2.75, 3.05) is 6.61 Å². The van der Waals surface area contributed by atoms with Gasteiger partial charge in [0.15, 0.2) is 17.1 Å². The molecular formula is C11H8ClF3O5. The van der Waals surface area contributed by atoms with E-state index in [1.54, 1.807) is 0 Å². The van der Waals surface area contributed by atoms with Crippen LogP contribution in [0.25, 0.3) is 0 Å². The molecule has 1 aromatic carbocycles. The number of hydrogen-bond acceptors (Lipinski definition) is 5. The van der Waals surface area contributed by atoms with Gasteiger partial charge >= 0.3 is 12.3 Å². The molecule has 20 heavy (non-hydrogen) atoms. The highest BCUT2D eigenvalue weighted by Crippen LogP contribution is 2.44. The van der Waals surface area contributed by atoms with E-state index in [9.17, 15) is 23.1 Å². The zero-order valence-corrected chi connectivity index (χ0v) is 10.5. The molecule has 1 heterocycles. The van der Waals surface area contributed by atoms with Crippen molar-refractivity contribution in [2.45, 2.75) is 18.4 Å². The molecule has 0 saturated heterocycles. The molecular weight excluding hydrogens is 305 g/mol. The largest absolute Gasteiger partial charge is 0.573 e. The third-order valence-corrected chi connectivity index (χ3v) is 2.91. The summed E-state index contributed by atoms with van der Waals surface area (Å²) in [7, 11) is 0. The van der Waals surface area contributed by atoms with Crippen molar-refractivity contribution in [3.8, 4) is 11.5 Å². The zero-order valence-electron chi connectivity index (χ0n) is 9.74. The van der Waals surface area contributed by atoms with Crippen molar-refractivity contribution in [3.05, 3.63) is 23.8 Å². The molecule has 0 aromatic heterocycles. The van der Waals surface area contributed by atoms with Gasteiger partial charge in [0.05, 0.1) is 6.61 Å². The van der Waals surface area contributed by atoms with Gasteiger partial charge in [-0.25, -0.2) is 4.79 Å². The molecule has 0 aliphatic carbocycles. The maximum atomic E-state index is 12.3. The first-order valence-corrected chi connectivity index (χ1v) is 5.66. The predicted octanol–water partition coefficient (Wildman–Crippen LogP) is 2.25. The molecule has 1 atom stereocenters. The molecule has 0 radical (unpaired) electrons. The van der Waals surface area contributed by atoms with Crippen LogP contribution in [0.15, 0.2) is 18.2 Å². The molecule has 5 nitrogen and oxygen atoms in total. The van der Waals surface area contributed by atoms with Crippen molar-refractivity contribution >= 4 is 17.8 Å². The Hall–Kier alpha value is -1.67. The van der Waals surface area contributed by atoms with Gasteiger partial charge in [0.2, 0.25) is 0 Å². The molecule has 0 spiro atoms. The number of para-hydroxylation sites is 1. The Balaban J connectivity index is 2.49. The van der Waals surface area contributed by atoms with Crippen LogP contribution in [0, 0.1) is 0 Å². The number of carbonyl (C=O) groups is 1. The summed E-state index contributed by atoms with van der Waals surface area (Å²) >= 11 is 4.93. The lowest BCUT2D eigenvalue weighted by Crippen LogP contribution is -2.40. The van der Waals surface area contributed by atoms with Gasteiger partial charge in [-0.1, -0.05) is 12.1 Å². The van der Waals surface area contributed by atoms with Gasteiger partial charge in [-0.2, -0.15) is 0 Å². The third-order valence-electron chi connectivity index (χ3n) is 2.77. The van der Waals surface area contributed by atoms with E-state index in [-0.39, 0.29) is 24.3 Å². The van der Waals surface area contributed by atoms with Crippen molar-refractivity contribution < 1.29 is 36.8 Å². The van der Waals surface area contributed by atoms with E-state index >= 15 is 0 Å². The highest BCUT2D eigenvalue weighted by atomic mass is 35.5. The van der Waals surface area contributed by atoms with Crippen LogP contribution >= 0.6 is 11.9 Å². The van der Waals surface area contributed by atoms with Gasteiger partial charge in [0.1, 0.15) is 11.9 Å². The predicted molar refractivity (Wildman–Crippen MR) is 59.1 cm³/mol. The summed E-state index contributed by atoms with van der Waals surface area (Å²) in [5.41, 5.74) is -2.38.